The lowest BCUT2D eigenvalue weighted by Gasteiger charge is -2.06. The largest absolute Gasteiger partial charge is 0.452 e. The second-order valence-corrected chi connectivity index (χ2v) is 6.30. The fourth-order valence-electron chi connectivity index (χ4n) is 1.97. The van der Waals surface area contributed by atoms with Crippen molar-refractivity contribution in [1.29, 1.82) is 0 Å². The molecule has 0 heterocycles. The average molecular weight is 408 g/mol. The molecule has 2 aromatic carbocycles. The number of esters is 1. The van der Waals surface area contributed by atoms with Crippen LogP contribution in [0, 0.1) is 10.1 Å². The van der Waals surface area contributed by atoms with Crippen LogP contribution in [-0.2, 0) is 14.3 Å². The fourth-order valence-corrected chi connectivity index (χ4v) is 2.47. The van der Waals surface area contributed by atoms with E-state index in [0.717, 1.165) is 6.08 Å². The number of rotatable bonds is 8. The summed E-state index contributed by atoms with van der Waals surface area (Å²) < 4.78 is 29.3. The summed E-state index contributed by atoms with van der Waals surface area (Å²) in [4.78, 5) is 33.8. The molecule has 0 saturated heterocycles. The van der Waals surface area contributed by atoms with Crippen molar-refractivity contribution in [3.8, 4) is 0 Å². The van der Waals surface area contributed by atoms with E-state index in [1.54, 1.807) is 0 Å². The number of non-ortho nitro benzene ring substituents is 1. The number of carbonyl (C=O) groups excluding carboxylic acids is 2. The molecule has 1 amide bonds. The lowest BCUT2D eigenvalue weighted by atomic mass is 10.2. The van der Waals surface area contributed by atoms with Crippen LogP contribution in [0.25, 0.3) is 6.08 Å². The summed E-state index contributed by atoms with van der Waals surface area (Å²) in [5.41, 5.74) is 0.854. The van der Waals surface area contributed by atoms with Crippen molar-refractivity contribution in [2.45, 2.75) is 10.7 Å². The second-order valence-electron chi connectivity index (χ2n) is 5.24. The molecule has 0 spiro atoms. The minimum Gasteiger partial charge on any atom is -0.452 e. The first kappa shape index (κ1) is 21.0. The summed E-state index contributed by atoms with van der Waals surface area (Å²) in [5.74, 6) is -3.89. The number of thioether (sulfide) groups is 1. The fraction of sp³-hybridized carbons (Fsp3) is 0.111. The molecule has 28 heavy (non-hydrogen) atoms. The minimum absolute atomic E-state index is 0.0720. The van der Waals surface area contributed by atoms with E-state index < -0.39 is 29.2 Å². The van der Waals surface area contributed by atoms with Gasteiger partial charge in [0, 0.05) is 28.8 Å². The highest BCUT2D eigenvalue weighted by Crippen LogP contribution is 2.26. The molecule has 0 aliphatic rings. The Morgan fingerprint density at radius 1 is 1.14 bits per heavy atom. The molecular weight excluding hydrogens is 394 g/mol. The van der Waals surface area contributed by atoms with E-state index in [0.29, 0.717) is 27.9 Å². The SMILES string of the molecule is O=C(COC(=O)C=Cc1ccc([N+](=O)[O-])cc1)Nc1ccc(SC(F)F)cc1. The van der Waals surface area contributed by atoms with Gasteiger partial charge in [-0.2, -0.15) is 8.78 Å². The topological polar surface area (TPSA) is 98.5 Å². The molecule has 0 saturated carbocycles. The number of ether oxygens (including phenoxy) is 1. The van der Waals surface area contributed by atoms with Gasteiger partial charge < -0.3 is 10.1 Å². The lowest BCUT2D eigenvalue weighted by molar-refractivity contribution is -0.384. The van der Waals surface area contributed by atoms with Crippen molar-refractivity contribution in [2.75, 3.05) is 11.9 Å². The normalized spacial score (nSPS) is 10.8. The number of benzene rings is 2. The molecule has 0 radical (unpaired) electrons. The Hall–Kier alpha value is -3.27. The molecule has 0 unspecified atom stereocenters. The predicted octanol–water partition coefficient (Wildman–Crippen LogP) is 4.10. The van der Waals surface area contributed by atoms with Gasteiger partial charge in [0.15, 0.2) is 6.61 Å². The van der Waals surface area contributed by atoms with Crippen LogP contribution in [0.1, 0.15) is 5.56 Å². The van der Waals surface area contributed by atoms with Crippen LogP contribution in [0.3, 0.4) is 0 Å². The van der Waals surface area contributed by atoms with Gasteiger partial charge in [0.25, 0.3) is 17.4 Å². The maximum atomic E-state index is 12.2. The molecule has 2 aromatic rings. The number of nitrogens with zero attached hydrogens (tertiary/aromatic N) is 1. The molecule has 0 aliphatic heterocycles. The Bertz CT molecular complexity index is 871. The predicted molar refractivity (Wildman–Crippen MR) is 100 cm³/mol. The Morgan fingerprint density at radius 2 is 1.79 bits per heavy atom. The standard InChI is InChI=1S/C18H14F2N2O5S/c19-18(20)28-15-8-4-13(5-9-15)21-16(23)11-27-17(24)10-3-12-1-6-14(7-2-12)22(25)26/h1-10,18H,11H2,(H,21,23). The van der Waals surface area contributed by atoms with Crippen LogP contribution < -0.4 is 5.32 Å². The molecule has 0 atom stereocenters. The van der Waals surface area contributed by atoms with Crippen LogP contribution in [0.2, 0.25) is 0 Å². The highest BCUT2D eigenvalue weighted by Gasteiger charge is 2.08. The first-order valence-electron chi connectivity index (χ1n) is 7.77. The number of nitro benzene ring substituents is 1. The third kappa shape index (κ3) is 7.16. The number of nitrogens with one attached hydrogen (secondary N) is 1. The van der Waals surface area contributed by atoms with Crippen molar-refractivity contribution >= 4 is 41.1 Å². The minimum atomic E-state index is -2.53. The molecule has 0 aromatic heterocycles. The van der Waals surface area contributed by atoms with Crippen LogP contribution >= 0.6 is 11.8 Å². The summed E-state index contributed by atoms with van der Waals surface area (Å²) in [5, 5.41) is 13.0. The molecule has 146 valence electrons. The molecule has 0 aliphatic carbocycles. The summed E-state index contributed by atoms with van der Waals surface area (Å²) in [6.45, 7) is -0.531. The number of hydrogen-bond donors (Lipinski definition) is 1. The zero-order valence-electron chi connectivity index (χ0n) is 14.2. The molecule has 2 rings (SSSR count). The Morgan fingerprint density at radius 3 is 2.36 bits per heavy atom. The van der Waals surface area contributed by atoms with Crippen molar-refractivity contribution in [1.82, 2.24) is 0 Å². The first-order valence-corrected chi connectivity index (χ1v) is 8.65. The van der Waals surface area contributed by atoms with Gasteiger partial charge in [-0.3, -0.25) is 14.9 Å². The molecule has 10 heteroatoms. The van der Waals surface area contributed by atoms with E-state index in [1.807, 2.05) is 0 Å². The van der Waals surface area contributed by atoms with E-state index in [4.69, 9.17) is 4.74 Å². The monoisotopic (exact) mass is 408 g/mol. The van der Waals surface area contributed by atoms with Gasteiger partial charge in [-0.25, -0.2) is 4.79 Å². The number of alkyl halides is 2. The quantitative estimate of drug-likeness (QED) is 0.232. The van der Waals surface area contributed by atoms with Crippen LogP contribution in [0.15, 0.2) is 59.5 Å². The van der Waals surface area contributed by atoms with Gasteiger partial charge in [0.2, 0.25) is 0 Å². The number of amides is 1. The van der Waals surface area contributed by atoms with Crippen LogP contribution in [-0.4, -0.2) is 29.2 Å². The van der Waals surface area contributed by atoms with E-state index in [2.05, 4.69) is 5.32 Å². The van der Waals surface area contributed by atoms with Crippen LogP contribution in [0.4, 0.5) is 20.2 Å². The van der Waals surface area contributed by atoms with E-state index in [9.17, 15) is 28.5 Å². The molecule has 1 N–H and O–H groups in total. The second kappa shape index (κ2) is 10.2. The third-order valence-electron chi connectivity index (χ3n) is 3.22. The van der Waals surface area contributed by atoms with Crippen molar-refractivity contribution in [2.24, 2.45) is 0 Å². The number of carbonyl (C=O) groups is 2. The lowest BCUT2D eigenvalue weighted by Crippen LogP contribution is -2.20. The van der Waals surface area contributed by atoms with Crippen molar-refractivity contribution in [3.63, 3.8) is 0 Å². The van der Waals surface area contributed by atoms with Gasteiger partial charge in [-0.15, -0.1) is 0 Å². The van der Waals surface area contributed by atoms with Gasteiger partial charge >= 0.3 is 5.97 Å². The maximum absolute atomic E-state index is 12.2. The van der Waals surface area contributed by atoms with Gasteiger partial charge in [0.1, 0.15) is 0 Å². The van der Waals surface area contributed by atoms with Gasteiger partial charge in [-0.05, 0) is 48.0 Å². The summed E-state index contributed by atoms with van der Waals surface area (Å²) in [6.07, 6.45) is 2.48. The number of halogens is 2. The Balaban J connectivity index is 1.78. The summed E-state index contributed by atoms with van der Waals surface area (Å²) >= 11 is 0.390. The highest BCUT2D eigenvalue weighted by atomic mass is 32.2. The van der Waals surface area contributed by atoms with E-state index in [-0.39, 0.29) is 5.69 Å². The molecular formula is C18H14F2N2O5S. The van der Waals surface area contributed by atoms with Gasteiger partial charge in [-0.1, -0.05) is 11.8 Å². The van der Waals surface area contributed by atoms with E-state index >= 15 is 0 Å². The number of nitro groups is 1. The van der Waals surface area contributed by atoms with Crippen molar-refractivity contribution in [3.05, 3.63) is 70.3 Å². The first-order chi connectivity index (χ1) is 13.3. The smallest absolute Gasteiger partial charge is 0.331 e. The van der Waals surface area contributed by atoms with E-state index in [1.165, 1.54) is 54.6 Å². The zero-order chi connectivity index (χ0) is 20.5. The van der Waals surface area contributed by atoms with Gasteiger partial charge in [0.05, 0.1) is 4.92 Å². The van der Waals surface area contributed by atoms with Crippen LogP contribution in [0.5, 0.6) is 0 Å². The maximum Gasteiger partial charge on any atom is 0.331 e. The molecule has 0 bridgehead atoms. The van der Waals surface area contributed by atoms with Crippen molar-refractivity contribution < 1.29 is 28.0 Å². The number of hydrogen-bond acceptors (Lipinski definition) is 6. The average Bonchev–Trinajstić information content (AvgIpc) is 2.66. The highest BCUT2D eigenvalue weighted by molar-refractivity contribution is 7.99. The zero-order valence-corrected chi connectivity index (χ0v) is 15.0. The summed E-state index contributed by atoms with van der Waals surface area (Å²) in [6, 6.07) is 11.3. The Labute approximate surface area is 162 Å². The Kier molecular flexibility index (Phi) is 7.64. The summed E-state index contributed by atoms with van der Waals surface area (Å²) in [7, 11) is 0. The molecule has 7 nitrogen and oxygen atoms in total. The third-order valence-corrected chi connectivity index (χ3v) is 3.95. The number of anilines is 1. The molecule has 0 fully saturated rings.